The van der Waals surface area contributed by atoms with Gasteiger partial charge in [0.05, 0.1) is 0 Å². The summed E-state index contributed by atoms with van der Waals surface area (Å²) in [6.45, 7) is 5.17. The van der Waals surface area contributed by atoms with Gasteiger partial charge in [0.2, 0.25) is 6.29 Å². The summed E-state index contributed by atoms with van der Waals surface area (Å²) >= 11 is 0. The molecule has 9 nitrogen and oxygen atoms in total. The Labute approximate surface area is 132 Å². The van der Waals surface area contributed by atoms with Gasteiger partial charge in [-0.25, -0.2) is 4.99 Å². The molecule has 23 heavy (non-hydrogen) atoms. The summed E-state index contributed by atoms with van der Waals surface area (Å²) in [5.41, 5.74) is 0. The summed E-state index contributed by atoms with van der Waals surface area (Å²) < 4.78 is 26.5. The largest absolute Gasteiger partial charge is 0.463 e. The summed E-state index contributed by atoms with van der Waals surface area (Å²) in [5.74, 6) is -1.28. The van der Waals surface area contributed by atoms with Crippen molar-refractivity contribution in [1.29, 1.82) is 0 Å². The number of carbonyl (C=O) groups is 3. The lowest BCUT2D eigenvalue weighted by atomic mass is 9.97. The Balaban J connectivity index is 2.26. The van der Waals surface area contributed by atoms with E-state index in [-0.39, 0.29) is 6.61 Å². The predicted molar refractivity (Wildman–Crippen MR) is 74.4 cm³/mol. The Morgan fingerprint density at radius 1 is 1.04 bits per heavy atom. The van der Waals surface area contributed by atoms with E-state index in [1.165, 1.54) is 20.8 Å². The zero-order valence-electron chi connectivity index (χ0n) is 13.3. The molecule has 2 aliphatic heterocycles. The molecule has 0 spiro atoms. The highest BCUT2D eigenvalue weighted by Gasteiger charge is 2.53. The van der Waals surface area contributed by atoms with Gasteiger partial charge in [-0.2, -0.15) is 0 Å². The van der Waals surface area contributed by atoms with Crippen molar-refractivity contribution < 1.29 is 38.1 Å². The van der Waals surface area contributed by atoms with Crippen molar-refractivity contribution in [3.63, 3.8) is 0 Å². The van der Waals surface area contributed by atoms with Crippen molar-refractivity contribution in [2.45, 2.75) is 58.3 Å². The third-order valence-corrected chi connectivity index (χ3v) is 3.29. The molecule has 0 aromatic heterocycles. The Hall–Kier alpha value is -2.16. The minimum Gasteiger partial charge on any atom is -0.463 e. The Morgan fingerprint density at radius 2 is 1.65 bits per heavy atom. The lowest BCUT2D eigenvalue weighted by Gasteiger charge is -2.40. The van der Waals surface area contributed by atoms with Crippen LogP contribution in [0.5, 0.6) is 0 Å². The fourth-order valence-electron chi connectivity index (χ4n) is 2.53. The van der Waals surface area contributed by atoms with E-state index in [0.717, 1.165) is 0 Å². The van der Waals surface area contributed by atoms with Crippen LogP contribution >= 0.6 is 0 Å². The fourth-order valence-corrected chi connectivity index (χ4v) is 2.53. The summed E-state index contributed by atoms with van der Waals surface area (Å²) in [4.78, 5) is 38.1. The van der Waals surface area contributed by atoms with Crippen LogP contribution in [0.4, 0.5) is 0 Å². The lowest BCUT2D eigenvalue weighted by Crippen LogP contribution is -2.60. The Bertz CT molecular complexity index is 531. The van der Waals surface area contributed by atoms with Gasteiger partial charge in [-0.3, -0.25) is 14.4 Å². The molecule has 0 radical (unpaired) electrons. The number of nitrogens with zero attached hydrogens (tertiary/aromatic N) is 1. The first-order valence-electron chi connectivity index (χ1n) is 7.12. The van der Waals surface area contributed by atoms with Crippen LogP contribution in [0, 0.1) is 0 Å². The number of hydrogen-bond acceptors (Lipinski definition) is 9. The van der Waals surface area contributed by atoms with Gasteiger partial charge in [-0.15, -0.1) is 0 Å². The molecule has 4 unspecified atom stereocenters. The maximum Gasteiger partial charge on any atom is 0.303 e. The molecule has 128 valence electrons. The molecule has 2 aliphatic rings. The smallest absolute Gasteiger partial charge is 0.303 e. The Kier molecular flexibility index (Phi) is 5.19. The first kappa shape index (κ1) is 17.2. The first-order valence-corrected chi connectivity index (χ1v) is 7.12. The number of ether oxygens (including phenoxy) is 5. The van der Waals surface area contributed by atoms with Crippen LogP contribution in [-0.4, -0.2) is 61.1 Å². The minimum atomic E-state index is -0.963. The summed E-state index contributed by atoms with van der Waals surface area (Å²) in [5, 5.41) is 0. The van der Waals surface area contributed by atoms with Crippen molar-refractivity contribution in [2.75, 3.05) is 6.61 Å². The predicted octanol–water partition coefficient (Wildman–Crippen LogP) is -0.0450. The summed E-state index contributed by atoms with van der Waals surface area (Å²) in [6.07, 6.45) is -3.50. The van der Waals surface area contributed by atoms with Crippen LogP contribution in [0.2, 0.25) is 0 Å². The van der Waals surface area contributed by atoms with E-state index in [2.05, 4.69) is 4.99 Å². The summed E-state index contributed by atoms with van der Waals surface area (Å²) in [6, 6.07) is -0.656. The number of rotatable bonds is 4. The molecular weight excluding hydrogens is 310 g/mol. The second-order valence-electron chi connectivity index (χ2n) is 5.25. The van der Waals surface area contributed by atoms with Gasteiger partial charge >= 0.3 is 17.9 Å². The maximum atomic E-state index is 11.4. The maximum absolute atomic E-state index is 11.4. The molecule has 1 fully saturated rings. The fraction of sp³-hybridized carbons (Fsp3) is 0.714. The van der Waals surface area contributed by atoms with Crippen molar-refractivity contribution in [2.24, 2.45) is 4.99 Å². The quantitative estimate of drug-likeness (QED) is 0.522. The molecule has 0 saturated carbocycles. The SMILES string of the molecule is CC(=O)OC[C@H]1OC2OC(C)=NC2C(OC(C)=O)C1OC(C)=O. The second kappa shape index (κ2) is 6.95. The van der Waals surface area contributed by atoms with Crippen LogP contribution < -0.4 is 0 Å². The van der Waals surface area contributed by atoms with Crippen molar-refractivity contribution in [1.82, 2.24) is 0 Å². The first-order chi connectivity index (χ1) is 10.8. The molecule has 0 amide bonds. The van der Waals surface area contributed by atoms with E-state index >= 15 is 0 Å². The molecule has 2 heterocycles. The van der Waals surface area contributed by atoms with E-state index < -0.39 is 48.6 Å². The molecule has 0 aromatic rings. The zero-order chi connectivity index (χ0) is 17.1. The standard InChI is InChI=1S/C14H19NO8/c1-6-15-11-13(22-9(4)18)12(21-8(3)17)10(5-19-7(2)16)23-14(11)20-6/h10-14H,5H2,1-4H3/t10-,11?,12?,13?,14?/m1/s1. The monoisotopic (exact) mass is 329 g/mol. The number of esters is 3. The lowest BCUT2D eigenvalue weighted by molar-refractivity contribution is -0.249. The molecule has 0 aromatic carbocycles. The molecule has 5 atom stereocenters. The van der Waals surface area contributed by atoms with E-state index in [1.807, 2.05) is 0 Å². The van der Waals surface area contributed by atoms with Crippen LogP contribution in [0.1, 0.15) is 27.7 Å². The number of aliphatic imine (C=N–C) groups is 1. The van der Waals surface area contributed by atoms with Crippen LogP contribution in [-0.2, 0) is 38.1 Å². The van der Waals surface area contributed by atoms with Gasteiger partial charge in [0.15, 0.2) is 24.1 Å². The number of fused-ring (bicyclic) bond motifs is 1. The third kappa shape index (κ3) is 4.19. The number of carbonyl (C=O) groups excluding carboxylic acids is 3. The highest BCUT2D eigenvalue weighted by Crippen LogP contribution is 2.32. The molecule has 1 saturated heterocycles. The van der Waals surface area contributed by atoms with Crippen LogP contribution in [0.3, 0.4) is 0 Å². The molecule has 0 aliphatic carbocycles. The molecule has 2 rings (SSSR count). The van der Waals surface area contributed by atoms with Gasteiger partial charge in [-0.05, 0) is 0 Å². The van der Waals surface area contributed by atoms with Crippen molar-refractivity contribution in [3.8, 4) is 0 Å². The molecule has 0 N–H and O–H groups in total. The van der Waals surface area contributed by atoms with Gasteiger partial charge < -0.3 is 23.7 Å². The topological polar surface area (TPSA) is 110 Å². The summed E-state index contributed by atoms with van der Waals surface area (Å²) in [7, 11) is 0. The Morgan fingerprint density at radius 3 is 2.22 bits per heavy atom. The van der Waals surface area contributed by atoms with Crippen molar-refractivity contribution >= 4 is 23.8 Å². The molecule has 9 heteroatoms. The van der Waals surface area contributed by atoms with Gasteiger partial charge in [-0.1, -0.05) is 0 Å². The van der Waals surface area contributed by atoms with Gasteiger partial charge in [0, 0.05) is 27.7 Å². The van der Waals surface area contributed by atoms with Crippen molar-refractivity contribution in [3.05, 3.63) is 0 Å². The van der Waals surface area contributed by atoms with E-state index in [1.54, 1.807) is 6.92 Å². The minimum absolute atomic E-state index is 0.170. The van der Waals surface area contributed by atoms with E-state index in [9.17, 15) is 14.4 Å². The molecular formula is C14H19NO8. The molecule has 0 bridgehead atoms. The van der Waals surface area contributed by atoms with E-state index in [4.69, 9.17) is 23.7 Å². The third-order valence-electron chi connectivity index (χ3n) is 3.29. The average Bonchev–Trinajstić information content (AvgIpc) is 2.78. The van der Waals surface area contributed by atoms with Crippen LogP contribution in [0.15, 0.2) is 4.99 Å². The average molecular weight is 329 g/mol. The van der Waals surface area contributed by atoms with Gasteiger partial charge in [0.1, 0.15) is 12.7 Å². The zero-order valence-corrected chi connectivity index (χ0v) is 13.3. The van der Waals surface area contributed by atoms with E-state index in [0.29, 0.717) is 5.90 Å². The van der Waals surface area contributed by atoms with Crippen LogP contribution in [0.25, 0.3) is 0 Å². The van der Waals surface area contributed by atoms with Gasteiger partial charge in [0.25, 0.3) is 0 Å². The number of hydrogen-bond donors (Lipinski definition) is 0. The normalized spacial score (nSPS) is 32.2. The second-order valence-corrected chi connectivity index (χ2v) is 5.25. The highest BCUT2D eigenvalue weighted by atomic mass is 16.7. The highest BCUT2D eigenvalue weighted by molar-refractivity contribution is 5.75.